The zero-order valence-corrected chi connectivity index (χ0v) is 16.7. The Morgan fingerprint density at radius 1 is 1.23 bits per heavy atom. The van der Waals surface area contributed by atoms with Crippen LogP contribution in [0.2, 0.25) is 0 Å². The summed E-state index contributed by atoms with van der Waals surface area (Å²) in [5, 5.41) is 9.87. The molecular weight excluding hydrogens is 330 g/mol. The highest BCUT2D eigenvalue weighted by molar-refractivity contribution is 5.84. The van der Waals surface area contributed by atoms with Crippen molar-refractivity contribution in [2.45, 2.75) is 60.5 Å². The number of aryl methyl sites for hydroxylation is 1. The summed E-state index contributed by atoms with van der Waals surface area (Å²) in [6.45, 7) is 13.4. The van der Waals surface area contributed by atoms with E-state index in [1.54, 1.807) is 4.90 Å². The number of carbonyl (C=O) groups is 2. The quantitative estimate of drug-likeness (QED) is 0.841. The standard InChI is InChI=1S/C20H31N3O3/c1-14-8-7-9-15(21-14)12-22-10-11-23(18(22)26)16(17(24)25)20(5,6)13-19(2,3)4/h7-9,16H,10-13H2,1-6H3,(H,24,25)/t16-/m1/s1. The Morgan fingerprint density at radius 3 is 2.42 bits per heavy atom. The van der Waals surface area contributed by atoms with Crippen LogP contribution in [0.4, 0.5) is 4.79 Å². The maximum Gasteiger partial charge on any atom is 0.327 e. The maximum atomic E-state index is 12.9. The number of hydrogen-bond acceptors (Lipinski definition) is 3. The van der Waals surface area contributed by atoms with Gasteiger partial charge in [-0.2, -0.15) is 0 Å². The molecule has 6 heteroatoms. The lowest BCUT2D eigenvalue weighted by Gasteiger charge is -2.40. The van der Waals surface area contributed by atoms with Crippen LogP contribution in [0.3, 0.4) is 0 Å². The number of carbonyl (C=O) groups excluding carboxylic acids is 1. The number of rotatable bonds is 6. The third-order valence-electron chi connectivity index (χ3n) is 4.70. The minimum atomic E-state index is -0.942. The van der Waals surface area contributed by atoms with Gasteiger partial charge in [-0.3, -0.25) is 4.98 Å². The highest BCUT2D eigenvalue weighted by atomic mass is 16.4. The molecule has 0 aliphatic carbocycles. The lowest BCUT2D eigenvalue weighted by Crippen LogP contribution is -2.52. The van der Waals surface area contributed by atoms with Gasteiger partial charge in [0, 0.05) is 18.8 Å². The molecule has 1 N–H and O–H groups in total. The number of hydrogen-bond donors (Lipinski definition) is 1. The summed E-state index contributed by atoms with van der Waals surface area (Å²) in [5.74, 6) is -0.942. The van der Waals surface area contributed by atoms with Crippen molar-refractivity contribution >= 4 is 12.0 Å². The van der Waals surface area contributed by atoms with Gasteiger partial charge in [-0.1, -0.05) is 40.7 Å². The van der Waals surface area contributed by atoms with Crippen LogP contribution in [-0.2, 0) is 11.3 Å². The van der Waals surface area contributed by atoms with Gasteiger partial charge in [-0.05, 0) is 36.3 Å². The van der Waals surface area contributed by atoms with E-state index in [0.717, 1.165) is 11.4 Å². The predicted octanol–water partition coefficient (Wildman–Crippen LogP) is 3.54. The third-order valence-corrected chi connectivity index (χ3v) is 4.70. The molecule has 0 saturated carbocycles. The van der Waals surface area contributed by atoms with E-state index in [1.165, 1.54) is 4.90 Å². The molecule has 2 amide bonds. The Bertz CT molecular complexity index is 679. The number of carboxylic acids is 1. The molecule has 0 aromatic carbocycles. The van der Waals surface area contributed by atoms with E-state index >= 15 is 0 Å². The summed E-state index contributed by atoms with van der Waals surface area (Å²) in [6, 6.07) is 4.66. The van der Waals surface area contributed by atoms with Crippen LogP contribution in [0.25, 0.3) is 0 Å². The Morgan fingerprint density at radius 2 is 1.88 bits per heavy atom. The summed E-state index contributed by atoms with van der Waals surface area (Å²) in [6.07, 6.45) is 0.709. The minimum Gasteiger partial charge on any atom is -0.480 e. The van der Waals surface area contributed by atoms with E-state index in [9.17, 15) is 14.7 Å². The van der Waals surface area contributed by atoms with Crippen molar-refractivity contribution < 1.29 is 14.7 Å². The number of carboxylic acid groups (broad SMARTS) is 1. The third kappa shape index (κ3) is 4.74. The average Bonchev–Trinajstić information content (AvgIpc) is 2.77. The molecular formula is C20H31N3O3. The topological polar surface area (TPSA) is 73.7 Å². The second kappa shape index (κ2) is 7.25. The highest BCUT2D eigenvalue weighted by Gasteiger charge is 2.46. The van der Waals surface area contributed by atoms with Gasteiger partial charge < -0.3 is 14.9 Å². The number of urea groups is 1. The molecule has 2 heterocycles. The average molecular weight is 361 g/mol. The fraction of sp³-hybridized carbons (Fsp3) is 0.650. The summed E-state index contributed by atoms with van der Waals surface area (Å²) in [4.78, 5) is 32.6. The van der Waals surface area contributed by atoms with Crippen molar-refractivity contribution in [3.05, 3.63) is 29.6 Å². The van der Waals surface area contributed by atoms with Gasteiger partial charge >= 0.3 is 12.0 Å². The van der Waals surface area contributed by atoms with Gasteiger partial charge in [0.1, 0.15) is 6.04 Å². The zero-order chi connectivity index (χ0) is 19.7. The van der Waals surface area contributed by atoms with Crippen LogP contribution in [0.5, 0.6) is 0 Å². The number of pyridine rings is 1. The largest absolute Gasteiger partial charge is 0.480 e. The van der Waals surface area contributed by atoms with Gasteiger partial charge in [0.25, 0.3) is 0 Å². The summed E-state index contributed by atoms with van der Waals surface area (Å²) in [5.41, 5.74) is 1.17. The van der Waals surface area contributed by atoms with Crippen LogP contribution < -0.4 is 0 Å². The molecule has 6 nitrogen and oxygen atoms in total. The number of nitrogens with zero attached hydrogens (tertiary/aromatic N) is 3. The van der Waals surface area contributed by atoms with Gasteiger partial charge in [0.2, 0.25) is 0 Å². The smallest absolute Gasteiger partial charge is 0.327 e. The Labute approximate surface area is 156 Å². The van der Waals surface area contributed by atoms with Gasteiger partial charge in [-0.15, -0.1) is 0 Å². The van der Waals surface area contributed by atoms with Crippen LogP contribution in [0, 0.1) is 17.8 Å². The maximum absolute atomic E-state index is 12.9. The Kier molecular flexibility index (Phi) is 5.64. The summed E-state index contributed by atoms with van der Waals surface area (Å²) in [7, 11) is 0. The number of aliphatic carboxylic acids is 1. The highest BCUT2D eigenvalue weighted by Crippen LogP contribution is 2.39. The van der Waals surface area contributed by atoms with Gasteiger partial charge in [0.15, 0.2) is 0 Å². The first kappa shape index (κ1) is 20.2. The molecule has 26 heavy (non-hydrogen) atoms. The van der Waals surface area contributed by atoms with Crippen molar-refractivity contribution in [1.82, 2.24) is 14.8 Å². The van der Waals surface area contributed by atoms with Crippen molar-refractivity contribution in [3.8, 4) is 0 Å². The first-order chi connectivity index (χ1) is 11.9. The van der Waals surface area contributed by atoms with E-state index in [0.29, 0.717) is 26.1 Å². The van der Waals surface area contributed by atoms with Crippen molar-refractivity contribution in [2.24, 2.45) is 10.8 Å². The van der Waals surface area contributed by atoms with E-state index in [1.807, 2.05) is 39.0 Å². The fourth-order valence-electron chi connectivity index (χ4n) is 4.22. The fourth-order valence-corrected chi connectivity index (χ4v) is 4.22. The predicted molar refractivity (Wildman–Crippen MR) is 101 cm³/mol. The lowest BCUT2D eigenvalue weighted by molar-refractivity contribution is -0.147. The molecule has 0 unspecified atom stereocenters. The van der Waals surface area contributed by atoms with Gasteiger partial charge in [-0.25, -0.2) is 9.59 Å². The molecule has 1 aromatic rings. The molecule has 0 bridgehead atoms. The molecule has 1 aliphatic heterocycles. The van der Waals surface area contributed by atoms with Crippen molar-refractivity contribution in [1.29, 1.82) is 0 Å². The Hall–Kier alpha value is -2.11. The molecule has 1 saturated heterocycles. The van der Waals surface area contributed by atoms with E-state index < -0.39 is 17.4 Å². The number of aromatic nitrogens is 1. The van der Waals surface area contributed by atoms with Crippen LogP contribution >= 0.6 is 0 Å². The molecule has 1 fully saturated rings. The van der Waals surface area contributed by atoms with E-state index in [-0.39, 0.29) is 11.4 Å². The normalized spacial score (nSPS) is 16.9. The minimum absolute atomic E-state index is 0.0227. The molecule has 2 rings (SSSR count). The van der Waals surface area contributed by atoms with Crippen LogP contribution in [0.15, 0.2) is 18.2 Å². The molecule has 0 spiro atoms. The molecule has 1 aliphatic rings. The first-order valence-corrected chi connectivity index (χ1v) is 9.12. The monoisotopic (exact) mass is 361 g/mol. The second-order valence-electron chi connectivity index (χ2n) is 9.13. The van der Waals surface area contributed by atoms with Crippen molar-refractivity contribution in [2.75, 3.05) is 13.1 Å². The second-order valence-corrected chi connectivity index (χ2v) is 9.13. The van der Waals surface area contributed by atoms with Gasteiger partial charge in [0.05, 0.1) is 12.2 Å². The SMILES string of the molecule is Cc1cccc(CN2CCN([C@H](C(=O)O)C(C)(C)CC(C)(C)C)C2=O)n1. The molecule has 144 valence electrons. The molecule has 1 atom stereocenters. The van der Waals surface area contributed by atoms with E-state index in [2.05, 4.69) is 25.8 Å². The molecule has 0 radical (unpaired) electrons. The zero-order valence-electron chi connectivity index (χ0n) is 16.7. The van der Waals surface area contributed by atoms with Crippen LogP contribution in [-0.4, -0.2) is 51.0 Å². The van der Waals surface area contributed by atoms with Crippen LogP contribution in [0.1, 0.15) is 52.4 Å². The first-order valence-electron chi connectivity index (χ1n) is 9.12. The summed E-state index contributed by atoms with van der Waals surface area (Å²) >= 11 is 0. The lowest BCUT2D eigenvalue weighted by atomic mass is 9.71. The van der Waals surface area contributed by atoms with Crippen molar-refractivity contribution in [3.63, 3.8) is 0 Å². The Balaban J connectivity index is 2.18. The summed E-state index contributed by atoms with van der Waals surface area (Å²) < 4.78 is 0. The van der Waals surface area contributed by atoms with E-state index in [4.69, 9.17) is 0 Å². The number of amides is 2. The molecule has 1 aromatic heterocycles.